The van der Waals surface area contributed by atoms with E-state index in [9.17, 15) is 0 Å². The highest BCUT2D eigenvalue weighted by Gasteiger charge is 2.19. The lowest BCUT2D eigenvalue weighted by Crippen LogP contribution is -2.47. The van der Waals surface area contributed by atoms with Crippen LogP contribution in [0.15, 0.2) is 55.0 Å². The molecule has 0 spiro atoms. The number of benzene rings is 1. The maximum atomic E-state index is 6.21. The van der Waals surface area contributed by atoms with Crippen molar-refractivity contribution in [2.75, 3.05) is 41.3 Å². The van der Waals surface area contributed by atoms with E-state index in [1.54, 1.807) is 6.33 Å². The zero-order valence-corrected chi connectivity index (χ0v) is 15.9. The van der Waals surface area contributed by atoms with Crippen LogP contribution in [0.2, 0.25) is 5.02 Å². The van der Waals surface area contributed by atoms with Gasteiger partial charge < -0.3 is 15.1 Å². The summed E-state index contributed by atoms with van der Waals surface area (Å²) in [6, 6.07) is 13.8. The third-order valence-electron chi connectivity index (χ3n) is 4.76. The second-order valence-corrected chi connectivity index (χ2v) is 6.87. The van der Waals surface area contributed by atoms with E-state index in [-0.39, 0.29) is 0 Å². The maximum Gasteiger partial charge on any atom is 0.135 e. The predicted molar refractivity (Wildman–Crippen MR) is 110 cm³/mol. The van der Waals surface area contributed by atoms with E-state index in [0.29, 0.717) is 0 Å². The van der Waals surface area contributed by atoms with Gasteiger partial charge in [0.2, 0.25) is 0 Å². The Kier molecular flexibility index (Phi) is 5.07. The first-order chi connectivity index (χ1) is 13.2. The van der Waals surface area contributed by atoms with Gasteiger partial charge in [0.15, 0.2) is 0 Å². The van der Waals surface area contributed by atoms with Crippen molar-refractivity contribution in [2.24, 2.45) is 0 Å². The van der Waals surface area contributed by atoms with E-state index in [4.69, 9.17) is 11.6 Å². The summed E-state index contributed by atoms with van der Waals surface area (Å²) >= 11 is 6.21. The molecule has 0 aliphatic carbocycles. The van der Waals surface area contributed by atoms with Crippen molar-refractivity contribution >= 4 is 34.7 Å². The number of anilines is 4. The highest BCUT2D eigenvalue weighted by atomic mass is 35.5. The number of piperazine rings is 1. The number of nitrogens with one attached hydrogen (secondary N) is 1. The smallest absolute Gasteiger partial charge is 0.135 e. The summed E-state index contributed by atoms with van der Waals surface area (Å²) in [5.41, 5.74) is 1.95. The van der Waals surface area contributed by atoms with Crippen LogP contribution in [0.5, 0.6) is 0 Å². The summed E-state index contributed by atoms with van der Waals surface area (Å²) in [5, 5.41) is 4.08. The summed E-state index contributed by atoms with van der Waals surface area (Å²) in [7, 11) is 0. The van der Waals surface area contributed by atoms with Gasteiger partial charge >= 0.3 is 0 Å². The third kappa shape index (κ3) is 3.95. The Balaban J connectivity index is 1.45. The number of aromatic nitrogens is 3. The maximum absolute atomic E-state index is 6.21. The number of halogens is 1. The first-order valence-electron chi connectivity index (χ1n) is 8.96. The van der Waals surface area contributed by atoms with E-state index >= 15 is 0 Å². The number of hydrogen-bond donors (Lipinski definition) is 1. The van der Waals surface area contributed by atoms with Crippen molar-refractivity contribution < 1.29 is 0 Å². The summed E-state index contributed by atoms with van der Waals surface area (Å²) in [5.74, 6) is 2.71. The molecule has 7 heteroatoms. The zero-order chi connectivity index (χ0) is 18.6. The zero-order valence-electron chi connectivity index (χ0n) is 15.1. The molecule has 1 N–H and O–H groups in total. The largest absolute Gasteiger partial charge is 0.353 e. The molecular weight excluding hydrogens is 360 g/mol. The molecule has 1 aliphatic heterocycles. The van der Waals surface area contributed by atoms with E-state index in [1.165, 1.54) is 0 Å². The predicted octanol–water partition coefficient (Wildman–Crippen LogP) is 3.90. The highest BCUT2D eigenvalue weighted by molar-refractivity contribution is 6.31. The molecule has 1 aliphatic rings. The van der Waals surface area contributed by atoms with Crippen molar-refractivity contribution in [1.29, 1.82) is 0 Å². The van der Waals surface area contributed by atoms with Crippen LogP contribution in [0.25, 0.3) is 0 Å². The quantitative estimate of drug-likeness (QED) is 0.740. The lowest BCUT2D eigenvalue weighted by atomic mass is 10.2. The van der Waals surface area contributed by atoms with Gasteiger partial charge in [-0.25, -0.2) is 15.0 Å². The molecule has 2 aromatic heterocycles. The Bertz CT molecular complexity index is 909. The highest BCUT2D eigenvalue weighted by Crippen LogP contribution is 2.26. The van der Waals surface area contributed by atoms with Gasteiger partial charge in [-0.1, -0.05) is 23.7 Å². The molecular formula is C20H21ClN6. The van der Waals surface area contributed by atoms with Crippen LogP contribution >= 0.6 is 11.6 Å². The lowest BCUT2D eigenvalue weighted by molar-refractivity contribution is 0.641. The summed E-state index contributed by atoms with van der Waals surface area (Å²) in [6.07, 6.45) is 3.44. The molecule has 1 saturated heterocycles. The minimum Gasteiger partial charge on any atom is -0.353 e. The summed E-state index contributed by atoms with van der Waals surface area (Å²) in [4.78, 5) is 17.8. The fourth-order valence-electron chi connectivity index (χ4n) is 3.17. The Labute approximate surface area is 163 Å². The fourth-order valence-corrected chi connectivity index (χ4v) is 3.35. The van der Waals surface area contributed by atoms with Gasteiger partial charge in [-0.3, -0.25) is 0 Å². The monoisotopic (exact) mass is 380 g/mol. The molecule has 27 heavy (non-hydrogen) atoms. The van der Waals surface area contributed by atoms with Crippen LogP contribution in [0.1, 0.15) is 5.56 Å². The fraction of sp³-hybridized carbons (Fsp3) is 0.250. The summed E-state index contributed by atoms with van der Waals surface area (Å²) in [6.45, 7) is 5.60. The van der Waals surface area contributed by atoms with Gasteiger partial charge in [0.05, 0.1) is 0 Å². The molecule has 0 radical (unpaired) electrons. The van der Waals surface area contributed by atoms with Gasteiger partial charge in [-0.05, 0) is 36.8 Å². The SMILES string of the molecule is Cc1c(Cl)cccc1Nc1cc(N2CCN(c3ccccn3)CC2)ncn1. The Hall–Kier alpha value is -2.86. The second-order valence-electron chi connectivity index (χ2n) is 6.46. The number of hydrogen-bond acceptors (Lipinski definition) is 6. The topological polar surface area (TPSA) is 57.2 Å². The van der Waals surface area contributed by atoms with Gasteiger partial charge in [0.25, 0.3) is 0 Å². The number of pyridine rings is 1. The minimum absolute atomic E-state index is 0.736. The average Bonchev–Trinajstić information content (AvgIpc) is 2.72. The van der Waals surface area contributed by atoms with Crippen LogP contribution in [0, 0.1) is 6.92 Å². The van der Waals surface area contributed by atoms with Crippen LogP contribution in [-0.4, -0.2) is 41.1 Å². The van der Waals surface area contributed by atoms with Crippen molar-refractivity contribution in [2.45, 2.75) is 6.92 Å². The van der Waals surface area contributed by atoms with Crippen molar-refractivity contribution in [3.63, 3.8) is 0 Å². The molecule has 6 nitrogen and oxygen atoms in total. The van der Waals surface area contributed by atoms with E-state index in [0.717, 1.165) is 59.9 Å². The Morgan fingerprint density at radius 2 is 1.67 bits per heavy atom. The molecule has 138 valence electrons. The molecule has 0 unspecified atom stereocenters. The van der Waals surface area contributed by atoms with Gasteiger partial charge in [-0.15, -0.1) is 0 Å². The summed E-state index contributed by atoms with van der Waals surface area (Å²) < 4.78 is 0. The molecule has 0 atom stereocenters. The molecule has 3 heterocycles. The van der Waals surface area contributed by atoms with Crippen molar-refractivity contribution in [3.05, 3.63) is 65.6 Å². The van der Waals surface area contributed by atoms with Crippen LogP contribution in [0.4, 0.5) is 23.1 Å². The molecule has 1 aromatic carbocycles. The molecule has 0 saturated carbocycles. The molecule has 3 aromatic rings. The first kappa shape index (κ1) is 17.5. The van der Waals surface area contributed by atoms with Gasteiger partial charge in [0.1, 0.15) is 23.8 Å². The van der Waals surface area contributed by atoms with E-state index < -0.39 is 0 Å². The number of rotatable bonds is 4. The van der Waals surface area contributed by atoms with Gasteiger partial charge in [0, 0.05) is 49.2 Å². The van der Waals surface area contributed by atoms with Crippen LogP contribution < -0.4 is 15.1 Å². The van der Waals surface area contributed by atoms with Crippen molar-refractivity contribution in [1.82, 2.24) is 15.0 Å². The third-order valence-corrected chi connectivity index (χ3v) is 5.17. The van der Waals surface area contributed by atoms with Gasteiger partial charge in [-0.2, -0.15) is 0 Å². The van der Waals surface area contributed by atoms with Crippen LogP contribution in [0.3, 0.4) is 0 Å². The molecule has 0 amide bonds. The Morgan fingerprint density at radius 1 is 0.889 bits per heavy atom. The lowest BCUT2D eigenvalue weighted by Gasteiger charge is -2.36. The van der Waals surface area contributed by atoms with Crippen LogP contribution in [-0.2, 0) is 0 Å². The molecule has 1 fully saturated rings. The second kappa shape index (κ2) is 7.80. The minimum atomic E-state index is 0.736. The van der Waals surface area contributed by atoms with E-state index in [2.05, 4.69) is 36.1 Å². The normalized spacial score (nSPS) is 14.3. The van der Waals surface area contributed by atoms with E-state index in [1.807, 2.05) is 49.5 Å². The average molecular weight is 381 g/mol. The standard InChI is InChI=1S/C20H21ClN6/c1-15-16(21)5-4-6-17(15)25-18-13-20(24-14-23-18)27-11-9-26(10-12-27)19-7-2-3-8-22-19/h2-8,13-14H,9-12H2,1H3,(H,23,24,25). The van der Waals surface area contributed by atoms with Crippen molar-refractivity contribution in [3.8, 4) is 0 Å². The Morgan fingerprint density at radius 3 is 2.41 bits per heavy atom. The molecule has 4 rings (SSSR count). The number of nitrogens with zero attached hydrogens (tertiary/aromatic N) is 5. The molecule has 0 bridgehead atoms. The first-order valence-corrected chi connectivity index (χ1v) is 9.33.